The van der Waals surface area contributed by atoms with Crippen LogP contribution >= 0.6 is 0 Å². The van der Waals surface area contributed by atoms with Crippen molar-refractivity contribution in [2.45, 2.75) is 44.7 Å². The van der Waals surface area contributed by atoms with E-state index in [1.54, 1.807) is 12.7 Å². The Kier molecular flexibility index (Phi) is 4.30. The number of hydrogen-bond donors (Lipinski definition) is 1. The maximum Gasteiger partial charge on any atom is 0.239 e. The highest BCUT2D eigenvalue weighted by Crippen LogP contribution is 2.20. The molecule has 3 rings (SSSR count). The van der Waals surface area contributed by atoms with Crippen LogP contribution in [-0.4, -0.2) is 51.2 Å². The molecule has 6 nitrogen and oxygen atoms in total. The molecule has 1 aromatic rings. The number of amides is 1. The van der Waals surface area contributed by atoms with Crippen LogP contribution in [0.4, 0.5) is 0 Å². The molecule has 20 heavy (non-hydrogen) atoms. The van der Waals surface area contributed by atoms with E-state index in [4.69, 9.17) is 0 Å². The number of carbonyl (C=O) groups is 1. The maximum atomic E-state index is 12.5. The van der Waals surface area contributed by atoms with Crippen LogP contribution in [0.1, 0.15) is 32.1 Å². The highest BCUT2D eigenvalue weighted by atomic mass is 16.2. The summed E-state index contributed by atoms with van der Waals surface area (Å²) in [5, 5.41) is 7.52. The number of nitrogens with zero attached hydrogens (tertiary/aromatic N) is 4. The third-order valence-corrected chi connectivity index (χ3v) is 4.35. The average Bonchev–Trinajstić information content (AvgIpc) is 3.01. The predicted octanol–water partition coefficient (Wildman–Crippen LogP) is 0.659. The number of rotatable bonds is 3. The smallest absolute Gasteiger partial charge is 0.239 e. The summed E-state index contributed by atoms with van der Waals surface area (Å²) < 4.78 is 1.87. The molecule has 3 heterocycles. The second-order valence-electron chi connectivity index (χ2n) is 5.91. The van der Waals surface area contributed by atoms with Crippen molar-refractivity contribution in [3.8, 4) is 0 Å². The summed E-state index contributed by atoms with van der Waals surface area (Å²) in [4.78, 5) is 18.6. The van der Waals surface area contributed by atoms with Crippen LogP contribution in [0.5, 0.6) is 0 Å². The van der Waals surface area contributed by atoms with Gasteiger partial charge in [-0.15, -0.1) is 0 Å². The minimum atomic E-state index is 0.0499. The third kappa shape index (κ3) is 3.17. The Morgan fingerprint density at radius 2 is 2.25 bits per heavy atom. The molecule has 6 heteroatoms. The van der Waals surface area contributed by atoms with Crippen molar-refractivity contribution >= 4 is 5.91 Å². The molecule has 0 saturated carbocycles. The van der Waals surface area contributed by atoms with Crippen LogP contribution < -0.4 is 5.32 Å². The molecular formula is C14H23N5O. The highest BCUT2D eigenvalue weighted by Gasteiger charge is 2.29. The Bertz CT molecular complexity index is 427. The van der Waals surface area contributed by atoms with Crippen LogP contribution in [0.15, 0.2) is 12.7 Å². The van der Waals surface area contributed by atoms with Gasteiger partial charge in [0.1, 0.15) is 12.7 Å². The van der Waals surface area contributed by atoms with Crippen LogP contribution in [0.3, 0.4) is 0 Å². The fraction of sp³-hybridized carbons (Fsp3) is 0.786. The maximum absolute atomic E-state index is 12.5. The van der Waals surface area contributed by atoms with E-state index in [2.05, 4.69) is 15.4 Å². The molecule has 1 aromatic heterocycles. The zero-order valence-electron chi connectivity index (χ0n) is 11.9. The number of piperidine rings is 2. The van der Waals surface area contributed by atoms with E-state index in [9.17, 15) is 4.79 Å². The number of aromatic nitrogens is 3. The van der Waals surface area contributed by atoms with Crippen molar-refractivity contribution in [2.24, 2.45) is 5.92 Å². The second kappa shape index (κ2) is 6.35. The first kappa shape index (κ1) is 13.5. The van der Waals surface area contributed by atoms with Gasteiger partial charge >= 0.3 is 0 Å². The zero-order valence-corrected chi connectivity index (χ0v) is 11.9. The lowest BCUT2D eigenvalue weighted by Crippen LogP contribution is -2.51. The minimum Gasteiger partial charge on any atom is -0.341 e. The molecule has 2 atom stereocenters. The van der Waals surface area contributed by atoms with Gasteiger partial charge in [-0.05, 0) is 38.1 Å². The molecule has 2 saturated heterocycles. The van der Waals surface area contributed by atoms with E-state index >= 15 is 0 Å². The largest absolute Gasteiger partial charge is 0.341 e. The van der Waals surface area contributed by atoms with E-state index in [0.717, 1.165) is 39.0 Å². The molecule has 110 valence electrons. The van der Waals surface area contributed by atoms with Gasteiger partial charge in [0.2, 0.25) is 5.91 Å². The van der Waals surface area contributed by atoms with Gasteiger partial charge in [0.15, 0.2) is 0 Å². The van der Waals surface area contributed by atoms with Crippen LogP contribution in [0.2, 0.25) is 0 Å². The number of likely N-dealkylation sites (tertiary alicyclic amines) is 1. The lowest BCUT2D eigenvalue weighted by molar-refractivity contribution is -0.136. The van der Waals surface area contributed by atoms with E-state index in [-0.39, 0.29) is 6.04 Å². The lowest BCUT2D eigenvalue weighted by Gasteiger charge is -2.36. The van der Waals surface area contributed by atoms with Gasteiger partial charge in [0.25, 0.3) is 0 Å². The van der Waals surface area contributed by atoms with Gasteiger partial charge in [0.05, 0.1) is 6.04 Å². The van der Waals surface area contributed by atoms with E-state index in [0.29, 0.717) is 11.8 Å². The summed E-state index contributed by atoms with van der Waals surface area (Å²) in [5.74, 6) is 0.797. The van der Waals surface area contributed by atoms with E-state index in [1.807, 2.05) is 9.58 Å². The van der Waals surface area contributed by atoms with Crippen LogP contribution in [0.25, 0.3) is 0 Å². The molecule has 0 aliphatic carbocycles. The van der Waals surface area contributed by atoms with Crippen molar-refractivity contribution in [1.29, 1.82) is 0 Å². The quantitative estimate of drug-likeness (QED) is 0.881. The molecule has 2 aliphatic heterocycles. The van der Waals surface area contributed by atoms with Gasteiger partial charge < -0.3 is 10.2 Å². The lowest BCUT2D eigenvalue weighted by atomic mass is 9.96. The SMILES string of the molecule is O=C([C@H]1CCCCN1)N1CCC[C@H](Cn2cncn2)C1. The van der Waals surface area contributed by atoms with Crippen molar-refractivity contribution < 1.29 is 4.79 Å². The molecule has 0 spiro atoms. The van der Waals surface area contributed by atoms with Crippen molar-refractivity contribution in [3.05, 3.63) is 12.7 Å². The zero-order chi connectivity index (χ0) is 13.8. The Morgan fingerprint density at radius 3 is 3.00 bits per heavy atom. The third-order valence-electron chi connectivity index (χ3n) is 4.35. The molecule has 0 aromatic carbocycles. The van der Waals surface area contributed by atoms with Crippen molar-refractivity contribution in [2.75, 3.05) is 19.6 Å². The predicted molar refractivity (Wildman–Crippen MR) is 75.0 cm³/mol. The summed E-state index contributed by atoms with van der Waals surface area (Å²) in [7, 11) is 0. The first-order chi connectivity index (χ1) is 9.83. The first-order valence-electron chi connectivity index (χ1n) is 7.67. The van der Waals surface area contributed by atoms with Gasteiger partial charge in [0, 0.05) is 19.6 Å². The molecule has 2 fully saturated rings. The second-order valence-corrected chi connectivity index (χ2v) is 5.91. The van der Waals surface area contributed by atoms with Crippen LogP contribution in [-0.2, 0) is 11.3 Å². The van der Waals surface area contributed by atoms with Crippen molar-refractivity contribution in [3.63, 3.8) is 0 Å². The Morgan fingerprint density at radius 1 is 1.30 bits per heavy atom. The van der Waals surface area contributed by atoms with Gasteiger partial charge in [-0.25, -0.2) is 4.98 Å². The van der Waals surface area contributed by atoms with Gasteiger partial charge in [-0.1, -0.05) is 6.42 Å². The van der Waals surface area contributed by atoms with Gasteiger partial charge in [-0.2, -0.15) is 5.10 Å². The molecule has 0 unspecified atom stereocenters. The molecule has 1 N–H and O–H groups in total. The molecule has 1 amide bonds. The van der Waals surface area contributed by atoms with E-state index < -0.39 is 0 Å². The Hall–Kier alpha value is -1.43. The Balaban J connectivity index is 1.55. The number of nitrogens with one attached hydrogen (secondary N) is 1. The summed E-state index contributed by atoms with van der Waals surface area (Å²) in [6, 6.07) is 0.0499. The molecule has 0 radical (unpaired) electrons. The molecular weight excluding hydrogens is 254 g/mol. The number of carbonyl (C=O) groups excluding carboxylic acids is 1. The monoisotopic (exact) mass is 277 g/mol. The van der Waals surface area contributed by atoms with Gasteiger partial charge in [-0.3, -0.25) is 9.48 Å². The Labute approximate surface area is 119 Å². The topological polar surface area (TPSA) is 63.1 Å². The fourth-order valence-electron chi connectivity index (χ4n) is 3.29. The summed E-state index contributed by atoms with van der Waals surface area (Å²) >= 11 is 0. The first-order valence-corrected chi connectivity index (χ1v) is 7.67. The average molecular weight is 277 g/mol. The standard InChI is InChI=1S/C14H23N5O/c20-14(13-5-1-2-6-16-13)18-7-3-4-12(8-18)9-19-11-15-10-17-19/h10-13,16H,1-9H2/t12-,13+/m0/s1. The molecule has 0 bridgehead atoms. The van der Waals surface area contributed by atoms with Crippen molar-refractivity contribution in [1.82, 2.24) is 25.0 Å². The highest BCUT2D eigenvalue weighted by molar-refractivity contribution is 5.82. The molecule has 2 aliphatic rings. The summed E-state index contributed by atoms with van der Waals surface area (Å²) in [6.07, 6.45) is 8.93. The summed E-state index contributed by atoms with van der Waals surface area (Å²) in [6.45, 7) is 3.61. The number of hydrogen-bond acceptors (Lipinski definition) is 4. The van der Waals surface area contributed by atoms with E-state index in [1.165, 1.54) is 19.3 Å². The summed E-state index contributed by atoms with van der Waals surface area (Å²) in [5.41, 5.74) is 0. The minimum absolute atomic E-state index is 0.0499. The normalized spacial score (nSPS) is 27.5. The fourth-order valence-corrected chi connectivity index (χ4v) is 3.29. The van der Waals surface area contributed by atoms with Crippen LogP contribution in [0, 0.1) is 5.92 Å².